The number of amides is 1. The summed E-state index contributed by atoms with van der Waals surface area (Å²) in [7, 11) is 1.41. The Kier molecular flexibility index (Phi) is 10.4. The normalized spacial score (nSPS) is 15.1. The lowest BCUT2D eigenvalue weighted by atomic mass is 10.0. The molecule has 0 aliphatic carbocycles. The number of carbonyl (C=O) groups excluding carboxylic acids is 1. The zero-order valence-electron chi connectivity index (χ0n) is 22.0. The molecule has 0 spiro atoms. The van der Waals surface area contributed by atoms with E-state index in [0.717, 1.165) is 31.6 Å². The molecule has 7 nitrogen and oxygen atoms in total. The van der Waals surface area contributed by atoms with Crippen LogP contribution < -0.4 is 10.5 Å². The Bertz CT molecular complexity index is 1380. The van der Waals surface area contributed by atoms with E-state index in [2.05, 4.69) is 21.9 Å². The van der Waals surface area contributed by atoms with Gasteiger partial charge in [-0.15, -0.1) is 11.6 Å². The van der Waals surface area contributed by atoms with Crippen molar-refractivity contribution in [3.05, 3.63) is 76.5 Å². The third-order valence-electron chi connectivity index (χ3n) is 6.10. The van der Waals surface area contributed by atoms with Crippen LogP contribution in [-0.4, -0.2) is 52.5 Å². The van der Waals surface area contributed by atoms with Gasteiger partial charge in [-0.2, -0.15) is 8.78 Å². The Morgan fingerprint density at radius 1 is 1.12 bits per heavy atom. The molecule has 1 aromatic heterocycles. The Morgan fingerprint density at radius 2 is 1.80 bits per heavy atom. The molecule has 214 valence electrons. The van der Waals surface area contributed by atoms with Gasteiger partial charge in [0.05, 0.1) is 17.0 Å². The van der Waals surface area contributed by atoms with Crippen LogP contribution in [0.2, 0.25) is 0 Å². The molecule has 1 amide bonds. The molecule has 0 saturated carbocycles. The first-order chi connectivity index (χ1) is 19.0. The van der Waals surface area contributed by atoms with Crippen LogP contribution in [0.4, 0.5) is 27.8 Å². The third-order valence-corrected chi connectivity index (χ3v) is 6.29. The van der Waals surface area contributed by atoms with E-state index in [0.29, 0.717) is 29.5 Å². The number of aryl methyl sites for hydroxylation is 1. The molecule has 2 heterocycles. The molecule has 1 fully saturated rings. The van der Waals surface area contributed by atoms with Crippen molar-refractivity contribution in [2.45, 2.75) is 26.7 Å². The minimum absolute atomic E-state index is 0.0178. The lowest BCUT2D eigenvalue weighted by molar-refractivity contribution is -0.129. The molecule has 1 aliphatic rings. The quantitative estimate of drug-likeness (QED) is 0.171. The van der Waals surface area contributed by atoms with Gasteiger partial charge in [0.2, 0.25) is 23.3 Å². The molecule has 40 heavy (non-hydrogen) atoms. The predicted octanol–water partition coefficient (Wildman–Crippen LogP) is 5.81. The van der Waals surface area contributed by atoms with Crippen LogP contribution in [0.15, 0.2) is 35.6 Å². The number of nitrogens with zero attached hydrogens (tertiary/aromatic N) is 4. The minimum atomic E-state index is -1.74. The number of hydrogen-bond acceptors (Lipinski definition) is 6. The summed E-state index contributed by atoms with van der Waals surface area (Å²) in [5.74, 6) is -7.96. The van der Waals surface area contributed by atoms with Gasteiger partial charge in [-0.25, -0.2) is 23.1 Å². The number of carbonyl (C=O) groups is 1. The SMILES string of the molecule is CC1CCN(C(=O)CCCl)C1.CN=C(c1ccc(Oc2c(F)c(F)cc(F)c2F)cc1F)c1c(C)ncnc1N. The number of rotatable bonds is 6. The molecular formula is C27H27ClF5N5O2. The lowest BCUT2D eigenvalue weighted by Gasteiger charge is -2.14. The molecule has 4 rings (SSSR count). The zero-order chi connectivity index (χ0) is 29.6. The Morgan fingerprint density at radius 3 is 2.33 bits per heavy atom. The summed E-state index contributed by atoms with van der Waals surface area (Å²) in [6.45, 7) is 5.67. The van der Waals surface area contributed by atoms with Crippen LogP contribution in [0.3, 0.4) is 0 Å². The van der Waals surface area contributed by atoms with Crippen molar-refractivity contribution in [3.8, 4) is 11.5 Å². The van der Waals surface area contributed by atoms with Crippen molar-refractivity contribution in [2.75, 3.05) is 31.8 Å². The highest BCUT2D eigenvalue weighted by Crippen LogP contribution is 2.32. The van der Waals surface area contributed by atoms with E-state index in [1.807, 2.05) is 4.90 Å². The van der Waals surface area contributed by atoms with E-state index in [1.165, 1.54) is 19.4 Å². The van der Waals surface area contributed by atoms with Gasteiger partial charge in [-0.05, 0) is 31.4 Å². The summed E-state index contributed by atoms with van der Waals surface area (Å²) in [5, 5.41) is 0. The van der Waals surface area contributed by atoms with Crippen molar-refractivity contribution < 1.29 is 31.5 Å². The lowest BCUT2D eigenvalue weighted by Crippen LogP contribution is -2.28. The summed E-state index contributed by atoms with van der Waals surface area (Å²) in [6, 6.07) is 3.20. The number of anilines is 1. The standard InChI is InChI=1S/C19H13F5N4O.C8H14ClNO/c1-8-14(19(25)28-7-27-8)17(26-2)10-4-3-9(5-11(10)20)29-18-15(23)12(21)6-13(22)16(18)24;1-7-3-5-10(6-7)8(11)2-4-9/h3-7H,1-2H3,(H2,25,27,28);7H,2-6H2,1H3. The van der Waals surface area contributed by atoms with Gasteiger partial charge in [-0.3, -0.25) is 9.79 Å². The van der Waals surface area contributed by atoms with Gasteiger partial charge in [0.25, 0.3) is 0 Å². The Balaban J connectivity index is 0.000000336. The van der Waals surface area contributed by atoms with Gasteiger partial charge < -0.3 is 15.4 Å². The fourth-order valence-electron chi connectivity index (χ4n) is 4.06. The van der Waals surface area contributed by atoms with Gasteiger partial charge in [-0.1, -0.05) is 6.92 Å². The van der Waals surface area contributed by atoms with E-state index in [4.69, 9.17) is 22.1 Å². The number of hydrogen-bond donors (Lipinski definition) is 1. The molecule has 1 saturated heterocycles. The van der Waals surface area contributed by atoms with Crippen LogP contribution in [0.5, 0.6) is 11.5 Å². The number of ether oxygens (including phenoxy) is 1. The second-order valence-corrected chi connectivity index (χ2v) is 9.38. The number of nitrogen functional groups attached to an aromatic ring is 1. The molecule has 1 unspecified atom stereocenters. The molecule has 0 radical (unpaired) electrons. The highest BCUT2D eigenvalue weighted by Gasteiger charge is 2.24. The summed E-state index contributed by atoms with van der Waals surface area (Å²) in [4.78, 5) is 25.0. The molecule has 1 aliphatic heterocycles. The molecule has 3 aromatic rings. The maximum absolute atomic E-state index is 14.7. The largest absolute Gasteiger partial charge is 0.451 e. The van der Waals surface area contributed by atoms with Crippen molar-refractivity contribution >= 4 is 29.0 Å². The topological polar surface area (TPSA) is 93.7 Å². The number of aromatic nitrogens is 2. The van der Waals surface area contributed by atoms with E-state index in [-0.39, 0.29) is 29.1 Å². The number of alkyl halides is 1. The van der Waals surface area contributed by atoms with Crippen molar-refractivity contribution in [3.63, 3.8) is 0 Å². The van der Waals surface area contributed by atoms with E-state index in [9.17, 15) is 26.7 Å². The molecule has 0 bridgehead atoms. The highest BCUT2D eigenvalue weighted by atomic mass is 35.5. The van der Waals surface area contributed by atoms with Gasteiger partial charge in [0.15, 0.2) is 11.6 Å². The highest BCUT2D eigenvalue weighted by molar-refractivity contribution is 6.19. The average Bonchev–Trinajstić information content (AvgIpc) is 3.35. The maximum atomic E-state index is 14.7. The van der Waals surface area contributed by atoms with Crippen molar-refractivity contribution in [1.82, 2.24) is 14.9 Å². The maximum Gasteiger partial charge on any atom is 0.223 e. The number of aliphatic imine (C=N–C) groups is 1. The van der Waals surface area contributed by atoms with Gasteiger partial charge in [0, 0.05) is 50.1 Å². The summed E-state index contributed by atoms with van der Waals surface area (Å²) in [6.07, 6.45) is 2.89. The van der Waals surface area contributed by atoms with E-state index in [1.54, 1.807) is 6.92 Å². The van der Waals surface area contributed by atoms with Crippen LogP contribution in [-0.2, 0) is 4.79 Å². The van der Waals surface area contributed by atoms with Crippen LogP contribution >= 0.6 is 11.6 Å². The number of benzene rings is 2. The summed E-state index contributed by atoms with van der Waals surface area (Å²) in [5.41, 5.74) is 6.73. The first-order valence-corrected chi connectivity index (χ1v) is 12.7. The second kappa shape index (κ2) is 13.5. The number of nitrogens with two attached hydrogens (primary N) is 1. The minimum Gasteiger partial charge on any atom is -0.451 e. The van der Waals surface area contributed by atoms with Crippen molar-refractivity contribution in [2.24, 2.45) is 10.9 Å². The number of halogens is 6. The predicted molar refractivity (Wildman–Crippen MR) is 141 cm³/mol. The molecule has 13 heteroatoms. The Hall–Kier alpha value is -3.80. The number of likely N-dealkylation sites (tertiary alicyclic amines) is 1. The van der Waals surface area contributed by atoms with E-state index >= 15 is 0 Å². The zero-order valence-corrected chi connectivity index (χ0v) is 22.7. The second-order valence-electron chi connectivity index (χ2n) is 9.01. The molecule has 2 aromatic carbocycles. The molecule has 1 atom stereocenters. The van der Waals surface area contributed by atoms with Gasteiger partial charge in [0.1, 0.15) is 23.7 Å². The van der Waals surface area contributed by atoms with Crippen LogP contribution in [0, 0.1) is 41.9 Å². The average molecular weight is 584 g/mol. The first kappa shape index (κ1) is 30.7. The molecule has 2 N–H and O–H groups in total. The molecular weight excluding hydrogens is 557 g/mol. The fourth-order valence-corrected chi connectivity index (χ4v) is 4.22. The monoisotopic (exact) mass is 583 g/mol. The van der Waals surface area contributed by atoms with Gasteiger partial charge >= 0.3 is 0 Å². The summed E-state index contributed by atoms with van der Waals surface area (Å²) >= 11 is 5.46. The third kappa shape index (κ3) is 7.04. The van der Waals surface area contributed by atoms with E-state index < -0.39 is 40.6 Å². The van der Waals surface area contributed by atoms with Crippen LogP contribution in [0.1, 0.15) is 36.6 Å². The smallest absolute Gasteiger partial charge is 0.223 e. The van der Waals surface area contributed by atoms with Crippen molar-refractivity contribution in [1.29, 1.82) is 0 Å². The first-order valence-electron chi connectivity index (χ1n) is 12.2. The fraction of sp³-hybridized carbons (Fsp3) is 0.333. The summed E-state index contributed by atoms with van der Waals surface area (Å²) < 4.78 is 73.7. The Labute approximate surface area is 232 Å². The van der Waals surface area contributed by atoms with Crippen LogP contribution in [0.25, 0.3) is 0 Å².